The van der Waals surface area contributed by atoms with E-state index < -0.39 is 0 Å². The molecule has 4 heteroatoms. The lowest BCUT2D eigenvalue weighted by Crippen LogP contribution is -2.52. The van der Waals surface area contributed by atoms with Gasteiger partial charge in [-0.2, -0.15) is 0 Å². The first-order valence-corrected chi connectivity index (χ1v) is 8.83. The molecule has 4 aliphatic rings. The Morgan fingerprint density at radius 2 is 2.00 bits per heavy atom. The van der Waals surface area contributed by atoms with Crippen LogP contribution in [0.25, 0.3) is 0 Å². The summed E-state index contributed by atoms with van der Waals surface area (Å²) >= 11 is 0. The van der Waals surface area contributed by atoms with Crippen molar-refractivity contribution in [3.05, 3.63) is 0 Å². The lowest BCUT2D eigenvalue weighted by atomic mass is 9.59. The molecule has 4 fully saturated rings. The van der Waals surface area contributed by atoms with Gasteiger partial charge in [-0.15, -0.1) is 0 Å². The van der Waals surface area contributed by atoms with Crippen LogP contribution in [0.2, 0.25) is 0 Å². The average molecular weight is 292 g/mol. The molecule has 1 spiro atoms. The number of carbonyl (C=O) groups is 1. The Bertz CT molecular complexity index is 417. The van der Waals surface area contributed by atoms with Crippen LogP contribution in [-0.4, -0.2) is 43.2 Å². The molecule has 1 saturated heterocycles. The normalized spacial score (nSPS) is 46.2. The van der Waals surface area contributed by atoms with E-state index in [0.717, 1.165) is 37.8 Å². The van der Waals surface area contributed by atoms with E-state index in [4.69, 9.17) is 10.5 Å². The lowest BCUT2D eigenvalue weighted by molar-refractivity contribution is -0.143. The molecular formula is C17H28N2O2. The number of fused-ring (bicyclic) bond motifs is 3. The fraction of sp³-hybridized carbons (Fsp3) is 0.941. The summed E-state index contributed by atoms with van der Waals surface area (Å²) < 4.78 is 5.37. The highest BCUT2D eigenvalue weighted by molar-refractivity contribution is 5.79. The van der Waals surface area contributed by atoms with Crippen molar-refractivity contribution < 1.29 is 9.53 Å². The van der Waals surface area contributed by atoms with Gasteiger partial charge in [-0.3, -0.25) is 4.79 Å². The monoisotopic (exact) mass is 292 g/mol. The summed E-state index contributed by atoms with van der Waals surface area (Å²) in [5, 5.41) is 0. The molecule has 0 aromatic carbocycles. The fourth-order valence-electron chi connectivity index (χ4n) is 5.87. The second-order valence-corrected chi connectivity index (χ2v) is 7.76. The molecule has 118 valence electrons. The molecule has 2 bridgehead atoms. The van der Waals surface area contributed by atoms with Crippen LogP contribution in [0.5, 0.6) is 0 Å². The molecule has 1 amide bonds. The SMILES string of the molecule is N[C@@H]1C2CCC(C2)C12CCCC(C(=O)N1CCOCC1)C2. The highest BCUT2D eigenvalue weighted by Gasteiger charge is 2.58. The van der Waals surface area contributed by atoms with Gasteiger partial charge in [0.1, 0.15) is 0 Å². The molecule has 4 unspecified atom stereocenters. The summed E-state index contributed by atoms with van der Waals surface area (Å²) in [6.45, 7) is 2.96. The van der Waals surface area contributed by atoms with Crippen molar-refractivity contribution in [3.8, 4) is 0 Å². The number of hydrogen-bond donors (Lipinski definition) is 1. The molecule has 2 N–H and O–H groups in total. The van der Waals surface area contributed by atoms with E-state index >= 15 is 0 Å². The number of nitrogens with two attached hydrogens (primary N) is 1. The predicted octanol–water partition coefficient (Wildman–Crippen LogP) is 1.78. The van der Waals surface area contributed by atoms with Crippen molar-refractivity contribution in [1.82, 2.24) is 4.90 Å². The van der Waals surface area contributed by atoms with Crippen molar-refractivity contribution in [1.29, 1.82) is 0 Å². The first-order chi connectivity index (χ1) is 10.2. The van der Waals surface area contributed by atoms with Crippen molar-refractivity contribution in [2.75, 3.05) is 26.3 Å². The Hall–Kier alpha value is -0.610. The second-order valence-electron chi connectivity index (χ2n) is 7.76. The summed E-state index contributed by atoms with van der Waals surface area (Å²) in [4.78, 5) is 14.9. The third kappa shape index (κ3) is 2.14. The lowest BCUT2D eigenvalue weighted by Gasteiger charge is -2.48. The number of morpholine rings is 1. The molecule has 0 radical (unpaired) electrons. The Balaban J connectivity index is 1.49. The zero-order valence-electron chi connectivity index (χ0n) is 12.9. The summed E-state index contributed by atoms with van der Waals surface area (Å²) in [5.74, 6) is 2.15. The summed E-state index contributed by atoms with van der Waals surface area (Å²) in [7, 11) is 0. The third-order valence-corrected chi connectivity index (χ3v) is 6.95. The Labute approximate surface area is 127 Å². The maximum absolute atomic E-state index is 12.8. The van der Waals surface area contributed by atoms with Gasteiger partial charge in [0.05, 0.1) is 13.2 Å². The zero-order chi connectivity index (χ0) is 14.4. The average Bonchev–Trinajstić information content (AvgIpc) is 3.11. The van der Waals surface area contributed by atoms with Crippen LogP contribution in [-0.2, 0) is 9.53 Å². The predicted molar refractivity (Wildman–Crippen MR) is 80.6 cm³/mol. The van der Waals surface area contributed by atoms with E-state index in [1.54, 1.807) is 0 Å². The van der Waals surface area contributed by atoms with Crippen molar-refractivity contribution in [2.45, 2.75) is 51.0 Å². The number of carbonyl (C=O) groups excluding carboxylic acids is 1. The van der Waals surface area contributed by atoms with Crippen molar-refractivity contribution >= 4 is 5.91 Å². The topological polar surface area (TPSA) is 55.6 Å². The van der Waals surface area contributed by atoms with Gasteiger partial charge in [-0.25, -0.2) is 0 Å². The van der Waals surface area contributed by atoms with E-state index in [-0.39, 0.29) is 5.92 Å². The maximum Gasteiger partial charge on any atom is 0.225 e. The van der Waals surface area contributed by atoms with Crippen LogP contribution in [0.4, 0.5) is 0 Å². The van der Waals surface area contributed by atoms with Gasteiger partial charge in [0, 0.05) is 25.0 Å². The molecule has 21 heavy (non-hydrogen) atoms. The standard InChI is InChI=1S/C17H28N2O2/c18-15-12-3-4-14(10-12)17(15)5-1-2-13(11-17)16(20)19-6-8-21-9-7-19/h12-15H,1-11,18H2/t12?,13?,14?,15-,17?/m1/s1. The molecule has 1 heterocycles. The first kappa shape index (κ1) is 14.0. The highest BCUT2D eigenvalue weighted by Crippen LogP contribution is 2.61. The van der Waals surface area contributed by atoms with Crippen LogP contribution in [0.3, 0.4) is 0 Å². The van der Waals surface area contributed by atoms with Crippen LogP contribution in [0, 0.1) is 23.2 Å². The fourth-order valence-corrected chi connectivity index (χ4v) is 5.87. The maximum atomic E-state index is 12.8. The molecule has 4 rings (SSSR count). The Morgan fingerprint density at radius 1 is 1.19 bits per heavy atom. The van der Waals surface area contributed by atoms with Crippen molar-refractivity contribution in [3.63, 3.8) is 0 Å². The van der Waals surface area contributed by atoms with Gasteiger partial charge < -0.3 is 15.4 Å². The molecule has 0 aromatic rings. The number of rotatable bonds is 1. The minimum absolute atomic E-state index is 0.224. The summed E-state index contributed by atoms with van der Waals surface area (Å²) in [6, 6.07) is 0.358. The molecule has 3 aliphatic carbocycles. The van der Waals surface area contributed by atoms with Gasteiger partial charge >= 0.3 is 0 Å². The molecule has 1 aliphatic heterocycles. The third-order valence-electron chi connectivity index (χ3n) is 6.95. The van der Waals surface area contributed by atoms with E-state index in [1.807, 2.05) is 4.90 Å². The van der Waals surface area contributed by atoms with E-state index in [0.29, 0.717) is 30.6 Å². The minimum Gasteiger partial charge on any atom is -0.378 e. The number of nitrogens with zero attached hydrogens (tertiary/aromatic N) is 1. The quantitative estimate of drug-likeness (QED) is 0.801. The van der Waals surface area contributed by atoms with Gasteiger partial charge in [0.25, 0.3) is 0 Å². The first-order valence-electron chi connectivity index (χ1n) is 8.83. The molecule has 4 nitrogen and oxygen atoms in total. The van der Waals surface area contributed by atoms with E-state index in [9.17, 15) is 4.79 Å². The largest absolute Gasteiger partial charge is 0.378 e. The Kier molecular flexibility index (Phi) is 3.49. The van der Waals surface area contributed by atoms with Crippen LogP contribution in [0.15, 0.2) is 0 Å². The molecule has 3 saturated carbocycles. The number of amides is 1. The summed E-state index contributed by atoms with van der Waals surface area (Å²) in [5.41, 5.74) is 6.92. The molecule has 0 aromatic heterocycles. The number of hydrogen-bond acceptors (Lipinski definition) is 3. The van der Waals surface area contributed by atoms with Crippen LogP contribution >= 0.6 is 0 Å². The Morgan fingerprint density at radius 3 is 2.71 bits per heavy atom. The van der Waals surface area contributed by atoms with E-state index in [1.165, 1.54) is 32.1 Å². The molecule has 5 atom stereocenters. The van der Waals surface area contributed by atoms with E-state index in [2.05, 4.69) is 0 Å². The highest BCUT2D eigenvalue weighted by atomic mass is 16.5. The van der Waals surface area contributed by atoms with Gasteiger partial charge in [0.15, 0.2) is 0 Å². The van der Waals surface area contributed by atoms with Gasteiger partial charge in [-0.1, -0.05) is 6.42 Å². The summed E-state index contributed by atoms with van der Waals surface area (Å²) in [6.07, 6.45) is 8.61. The van der Waals surface area contributed by atoms with Crippen LogP contribution < -0.4 is 5.73 Å². The van der Waals surface area contributed by atoms with Crippen molar-refractivity contribution in [2.24, 2.45) is 28.9 Å². The zero-order valence-corrected chi connectivity index (χ0v) is 12.9. The number of ether oxygens (including phenoxy) is 1. The van der Waals surface area contributed by atoms with Gasteiger partial charge in [-0.05, 0) is 55.8 Å². The minimum atomic E-state index is 0.224. The van der Waals surface area contributed by atoms with Crippen LogP contribution in [0.1, 0.15) is 44.9 Å². The smallest absolute Gasteiger partial charge is 0.225 e. The second kappa shape index (κ2) is 5.24. The van der Waals surface area contributed by atoms with Gasteiger partial charge in [0.2, 0.25) is 5.91 Å². The molecular weight excluding hydrogens is 264 g/mol.